The van der Waals surface area contributed by atoms with Crippen LogP contribution in [-0.4, -0.2) is 19.5 Å². The molecule has 0 unspecified atom stereocenters. The van der Waals surface area contributed by atoms with Gasteiger partial charge in [-0.1, -0.05) is 133 Å². The number of hydrogen-bond donors (Lipinski definition) is 0. The van der Waals surface area contributed by atoms with Gasteiger partial charge in [-0.15, -0.1) is 0 Å². The zero-order valence-corrected chi connectivity index (χ0v) is 26.3. The fraction of sp³-hybridized carbons (Fsp3) is 0. The van der Waals surface area contributed by atoms with Crippen LogP contribution in [0, 0.1) is 0 Å². The number of rotatable bonds is 4. The lowest BCUT2D eigenvalue weighted by Gasteiger charge is -2.16. The minimum absolute atomic E-state index is 0.645. The fourth-order valence-electron chi connectivity index (χ4n) is 8.08. The summed E-state index contributed by atoms with van der Waals surface area (Å²) < 4.78 is 2.42. The molecule has 0 fully saturated rings. The van der Waals surface area contributed by atoms with Gasteiger partial charge < -0.3 is 4.57 Å². The molecule has 9 aromatic carbocycles. The number of hydrogen-bond acceptors (Lipinski definition) is 3. The van der Waals surface area contributed by atoms with Gasteiger partial charge in [0, 0.05) is 38.5 Å². The van der Waals surface area contributed by atoms with Crippen molar-refractivity contribution in [3.8, 4) is 39.9 Å². The van der Waals surface area contributed by atoms with Crippen LogP contribution >= 0.6 is 0 Å². The highest BCUT2D eigenvalue weighted by Crippen LogP contribution is 2.49. The molecule has 0 aliphatic heterocycles. The minimum Gasteiger partial charge on any atom is -0.309 e. The van der Waals surface area contributed by atoms with Crippen LogP contribution in [-0.2, 0) is 0 Å². The second kappa shape index (κ2) is 9.93. The third kappa shape index (κ3) is 3.71. The normalized spacial score (nSPS) is 12.1. The Morgan fingerprint density at radius 2 is 0.776 bits per heavy atom. The highest BCUT2D eigenvalue weighted by Gasteiger charge is 2.23. The molecule has 0 aliphatic rings. The van der Waals surface area contributed by atoms with Gasteiger partial charge in [0.25, 0.3) is 0 Å². The Bertz CT molecular complexity index is 2980. The van der Waals surface area contributed by atoms with E-state index < -0.39 is 0 Å². The first-order chi connectivity index (χ1) is 24.3. The number of nitrogens with zero attached hydrogens (tertiary/aromatic N) is 4. The average Bonchev–Trinajstić information content (AvgIpc) is 3.53. The van der Waals surface area contributed by atoms with E-state index in [9.17, 15) is 0 Å². The molecule has 0 aliphatic carbocycles. The van der Waals surface area contributed by atoms with Crippen LogP contribution in [0.1, 0.15) is 0 Å². The van der Waals surface area contributed by atoms with Gasteiger partial charge in [-0.05, 0) is 62.0 Å². The van der Waals surface area contributed by atoms with E-state index in [2.05, 4.69) is 102 Å². The molecule has 0 saturated heterocycles. The summed E-state index contributed by atoms with van der Waals surface area (Å²) in [5, 5.41) is 13.1. The van der Waals surface area contributed by atoms with E-state index in [0.29, 0.717) is 17.5 Å². The summed E-state index contributed by atoms with van der Waals surface area (Å²) in [5.41, 5.74) is 6.31. The standard InChI is InChI=1S/C45H26N4/c1-3-12-27(13-4-1)43-46-44(28-14-5-2-6-15-28)48-45(47-43)29-16-9-17-30(26-29)49-37-23-11-22-35-34-21-10-20-33-31-18-7-8-19-32(31)36-24-25-38(49)42(40(35)37)41(36)39(33)34/h1-26H. The molecule has 0 bridgehead atoms. The molecule has 0 saturated carbocycles. The molecule has 0 radical (unpaired) electrons. The summed E-state index contributed by atoms with van der Waals surface area (Å²) in [5.74, 6) is 1.96. The Kier molecular flexibility index (Phi) is 5.35. The monoisotopic (exact) mass is 622 g/mol. The van der Waals surface area contributed by atoms with Crippen molar-refractivity contribution in [3.63, 3.8) is 0 Å². The lowest BCUT2D eigenvalue weighted by atomic mass is 9.86. The van der Waals surface area contributed by atoms with Crippen LogP contribution in [0.4, 0.5) is 0 Å². The van der Waals surface area contributed by atoms with Gasteiger partial charge in [0.1, 0.15) is 0 Å². The number of benzene rings is 9. The minimum atomic E-state index is 0.645. The van der Waals surface area contributed by atoms with Gasteiger partial charge in [-0.2, -0.15) is 0 Å². The van der Waals surface area contributed by atoms with Crippen molar-refractivity contribution in [2.45, 2.75) is 0 Å². The molecule has 49 heavy (non-hydrogen) atoms. The quantitative estimate of drug-likeness (QED) is 0.145. The predicted octanol–water partition coefficient (Wildman–Crippen LogP) is 11.5. The van der Waals surface area contributed by atoms with E-state index >= 15 is 0 Å². The molecular formula is C45H26N4. The molecule has 0 spiro atoms. The third-order valence-electron chi connectivity index (χ3n) is 10.1. The lowest BCUT2D eigenvalue weighted by Crippen LogP contribution is -2.01. The van der Waals surface area contributed by atoms with Gasteiger partial charge in [-0.25, -0.2) is 15.0 Å². The SMILES string of the molecule is c1ccc(-c2nc(-c3ccccc3)nc(-c3cccc(-n4c5cccc6c7cccc8c9ccccc9c9ccc4c(c9c87)c65)c3)n2)cc1. The average molecular weight is 623 g/mol. The smallest absolute Gasteiger partial charge is 0.164 e. The summed E-state index contributed by atoms with van der Waals surface area (Å²) in [7, 11) is 0. The summed E-state index contributed by atoms with van der Waals surface area (Å²) >= 11 is 0. The number of aromatic nitrogens is 4. The maximum absolute atomic E-state index is 5.03. The van der Waals surface area contributed by atoms with Crippen LogP contribution in [0.5, 0.6) is 0 Å². The van der Waals surface area contributed by atoms with E-state index in [1.807, 2.05) is 60.7 Å². The van der Waals surface area contributed by atoms with E-state index in [0.717, 1.165) is 22.4 Å². The summed E-state index contributed by atoms with van der Waals surface area (Å²) in [6.45, 7) is 0. The first-order valence-electron chi connectivity index (χ1n) is 16.6. The van der Waals surface area contributed by atoms with Gasteiger partial charge in [0.2, 0.25) is 0 Å². The fourth-order valence-corrected chi connectivity index (χ4v) is 8.08. The van der Waals surface area contributed by atoms with E-state index in [4.69, 9.17) is 15.0 Å². The molecule has 0 N–H and O–H groups in total. The first-order valence-corrected chi connectivity index (χ1v) is 16.6. The molecule has 0 atom stereocenters. The molecule has 0 amide bonds. The second-order valence-electron chi connectivity index (χ2n) is 12.8. The van der Waals surface area contributed by atoms with Crippen LogP contribution in [0.25, 0.3) is 105 Å². The first kappa shape index (κ1) is 26.4. The van der Waals surface area contributed by atoms with Crippen molar-refractivity contribution >= 4 is 64.9 Å². The molecule has 11 aromatic rings. The van der Waals surface area contributed by atoms with Crippen molar-refractivity contribution < 1.29 is 0 Å². The van der Waals surface area contributed by atoms with Crippen molar-refractivity contribution in [1.29, 1.82) is 0 Å². The van der Waals surface area contributed by atoms with Gasteiger partial charge >= 0.3 is 0 Å². The highest BCUT2D eigenvalue weighted by molar-refractivity contribution is 6.44. The summed E-state index contributed by atoms with van der Waals surface area (Å²) in [6, 6.07) is 55.9. The van der Waals surface area contributed by atoms with Crippen molar-refractivity contribution in [1.82, 2.24) is 19.5 Å². The molecule has 226 valence electrons. The van der Waals surface area contributed by atoms with Gasteiger partial charge in [0.15, 0.2) is 17.5 Å². The Labute approximate surface area is 281 Å². The predicted molar refractivity (Wildman–Crippen MR) is 203 cm³/mol. The van der Waals surface area contributed by atoms with E-state index in [-0.39, 0.29) is 0 Å². The zero-order chi connectivity index (χ0) is 32.1. The van der Waals surface area contributed by atoms with Crippen LogP contribution in [0.15, 0.2) is 158 Å². The highest BCUT2D eigenvalue weighted by atomic mass is 15.0. The van der Waals surface area contributed by atoms with Crippen molar-refractivity contribution in [3.05, 3.63) is 158 Å². The Hall–Kier alpha value is -6.65. The largest absolute Gasteiger partial charge is 0.309 e. The lowest BCUT2D eigenvalue weighted by molar-refractivity contribution is 1.07. The zero-order valence-electron chi connectivity index (χ0n) is 26.3. The van der Waals surface area contributed by atoms with E-state index in [1.165, 1.54) is 64.9 Å². The van der Waals surface area contributed by atoms with Crippen molar-refractivity contribution in [2.24, 2.45) is 0 Å². The van der Waals surface area contributed by atoms with E-state index in [1.54, 1.807) is 0 Å². The van der Waals surface area contributed by atoms with Gasteiger partial charge in [-0.3, -0.25) is 0 Å². The number of fused-ring (bicyclic) bond motifs is 4. The van der Waals surface area contributed by atoms with Crippen molar-refractivity contribution in [2.75, 3.05) is 0 Å². The Morgan fingerprint density at radius 1 is 0.306 bits per heavy atom. The van der Waals surface area contributed by atoms with Gasteiger partial charge in [0.05, 0.1) is 11.0 Å². The van der Waals surface area contributed by atoms with Crippen LogP contribution in [0.2, 0.25) is 0 Å². The molecule has 11 rings (SSSR count). The maximum Gasteiger partial charge on any atom is 0.164 e. The molecule has 4 heteroatoms. The maximum atomic E-state index is 5.03. The van der Waals surface area contributed by atoms with Crippen LogP contribution < -0.4 is 0 Å². The topological polar surface area (TPSA) is 43.6 Å². The summed E-state index contributed by atoms with van der Waals surface area (Å²) in [6.07, 6.45) is 0. The molecule has 2 heterocycles. The second-order valence-corrected chi connectivity index (χ2v) is 12.8. The molecule has 4 nitrogen and oxygen atoms in total. The summed E-state index contributed by atoms with van der Waals surface area (Å²) in [4.78, 5) is 15.0. The third-order valence-corrected chi connectivity index (χ3v) is 10.1. The molecule has 2 aromatic heterocycles. The Morgan fingerprint density at radius 3 is 1.45 bits per heavy atom. The van der Waals surface area contributed by atoms with Crippen LogP contribution in [0.3, 0.4) is 0 Å². The molecular weight excluding hydrogens is 597 g/mol. The Balaban J connectivity index is 1.20.